The molecule has 0 unspecified atom stereocenters. The van der Waals surface area contributed by atoms with Gasteiger partial charge in [0.2, 0.25) is 10.0 Å². The minimum atomic E-state index is -3.86. The van der Waals surface area contributed by atoms with Gasteiger partial charge in [0.15, 0.2) is 0 Å². The Bertz CT molecular complexity index is 743. The lowest BCUT2D eigenvalue weighted by Gasteiger charge is -2.37. The predicted octanol–water partition coefficient (Wildman–Crippen LogP) is 1.93. The van der Waals surface area contributed by atoms with Gasteiger partial charge in [0.1, 0.15) is 0 Å². The number of nitrogens with zero attached hydrogens (tertiary/aromatic N) is 1. The fourth-order valence-electron chi connectivity index (χ4n) is 3.15. The van der Waals surface area contributed by atoms with E-state index in [1.54, 1.807) is 21.0 Å². The van der Waals surface area contributed by atoms with Crippen LogP contribution in [0.15, 0.2) is 17.0 Å². The molecule has 2 rings (SSSR count). The van der Waals surface area contributed by atoms with Crippen LogP contribution in [0.25, 0.3) is 0 Å². The lowest BCUT2D eigenvalue weighted by Crippen LogP contribution is -2.47. The number of benzene rings is 1. The van der Waals surface area contributed by atoms with E-state index in [0.717, 1.165) is 32.0 Å². The number of sulfonamides is 1. The molecule has 0 atom stereocenters. The van der Waals surface area contributed by atoms with Crippen LogP contribution in [0.2, 0.25) is 0 Å². The van der Waals surface area contributed by atoms with Gasteiger partial charge in [0.05, 0.1) is 16.4 Å². The van der Waals surface area contributed by atoms with E-state index in [1.807, 2.05) is 0 Å². The summed E-state index contributed by atoms with van der Waals surface area (Å²) in [5, 5.41) is 14.3. The topological polar surface area (TPSA) is 111 Å². The van der Waals surface area contributed by atoms with Crippen LogP contribution in [0, 0.1) is 29.4 Å². The number of hydrogen-bond donors (Lipinski definition) is 2. The van der Waals surface area contributed by atoms with Crippen molar-refractivity contribution in [1.29, 1.82) is 0 Å². The summed E-state index contributed by atoms with van der Waals surface area (Å²) in [6.07, 6.45) is 1.60. The van der Waals surface area contributed by atoms with Crippen LogP contribution < -0.4 is 10.0 Å². The van der Waals surface area contributed by atoms with Gasteiger partial charge in [-0.1, -0.05) is 0 Å². The number of nitrogens with one attached hydrogen (secondary N) is 2. The van der Waals surface area contributed by atoms with Crippen molar-refractivity contribution in [2.24, 2.45) is 5.41 Å². The van der Waals surface area contributed by atoms with E-state index >= 15 is 0 Å². The molecule has 1 aromatic rings. The van der Waals surface area contributed by atoms with Gasteiger partial charge in [-0.15, -0.1) is 12.4 Å². The van der Waals surface area contributed by atoms with Crippen molar-refractivity contribution in [3.05, 3.63) is 33.4 Å². The minimum absolute atomic E-state index is 0. The summed E-state index contributed by atoms with van der Waals surface area (Å²) in [6.45, 7) is 5.64. The molecular formula is C16H26ClN3O5S. The zero-order chi connectivity index (χ0) is 18.7. The fourth-order valence-corrected chi connectivity index (χ4v) is 4.65. The third kappa shape index (κ3) is 5.14. The van der Waals surface area contributed by atoms with Crippen molar-refractivity contribution in [3.63, 3.8) is 0 Å². The second-order valence-electron chi connectivity index (χ2n) is 6.65. The van der Waals surface area contributed by atoms with Crippen LogP contribution in [0.3, 0.4) is 0 Å². The summed E-state index contributed by atoms with van der Waals surface area (Å²) in [5.41, 5.74) is 0.598. The molecule has 0 bridgehead atoms. The van der Waals surface area contributed by atoms with E-state index in [1.165, 1.54) is 6.07 Å². The van der Waals surface area contributed by atoms with Crippen LogP contribution in [-0.2, 0) is 14.8 Å². The molecular weight excluding hydrogens is 382 g/mol. The number of methoxy groups -OCH3 is 1. The van der Waals surface area contributed by atoms with Gasteiger partial charge in [0.25, 0.3) is 5.69 Å². The van der Waals surface area contributed by atoms with Crippen molar-refractivity contribution in [3.8, 4) is 0 Å². The van der Waals surface area contributed by atoms with E-state index in [0.29, 0.717) is 17.7 Å². The molecule has 0 amide bonds. The smallest absolute Gasteiger partial charge is 0.271 e. The van der Waals surface area contributed by atoms with Crippen molar-refractivity contribution >= 4 is 28.1 Å². The van der Waals surface area contributed by atoms with E-state index in [-0.39, 0.29) is 34.9 Å². The molecule has 1 saturated heterocycles. The second kappa shape index (κ2) is 9.09. The molecule has 1 aliphatic heterocycles. The van der Waals surface area contributed by atoms with E-state index < -0.39 is 14.9 Å². The quantitative estimate of drug-likeness (QED) is 0.527. The van der Waals surface area contributed by atoms with Gasteiger partial charge in [-0.2, -0.15) is 0 Å². The molecule has 8 nitrogen and oxygen atoms in total. The normalized spacial score (nSPS) is 16.7. The summed E-state index contributed by atoms with van der Waals surface area (Å²) in [4.78, 5) is 10.4. The molecule has 0 saturated carbocycles. The van der Waals surface area contributed by atoms with E-state index in [9.17, 15) is 18.5 Å². The number of nitro benzene ring substituents is 1. The summed E-state index contributed by atoms with van der Waals surface area (Å²) in [5.74, 6) is 0. The molecule has 1 fully saturated rings. The molecule has 0 radical (unpaired) electrons. The lowest BCUT2D eigenvalue weighted by atomic mass is 9.80. The SMILES string of the molecule is COCC1(CNS(=O)(=O)c2cc([N+](=O)[O-])cc(C)c2C)CCNCC1.Cl. The van der Waals surface area contributed by atoms with Crippen molar-refractivity contribution in [1.82, 2.24) is 10.0 Å². The third-order valence-corrected chi connectivity index (χ3v) is 6.38. The standard InChI is InChI=1S/C16H25N3O5S.ClH/c1-12-8-14(19(20)21)9-15(13(12)2)25(22,23)18-10-16(11-24-3)4-6-17-7-5-16;/h8-9,17-18H,4-7,10-11H2,1-3H3;1H. The van der Waals surface area contributed by atoms with Gasteiger partial charge in [-0.05, 0) is 50.9 Å². The average Bonchev–Trinajstić information content (AvgIpc) is 2.56. The van der Waals surface area contributed by atoms with E-state index in [4.69, 9.17) is 4.74 Å². The third-order valence-electron chi connectivity index (χ3n) is 4.86. The van der Waals surface area contributed by atoms with Crippen LogP contribution in [0.5, 0.6) is 0 Å². The molecule has 0 aliphatic carbocycles. The van der Waals surface area contributed by atoms with E-state index in [2.05, 4.69) is 10.0 Å². The van der Waals surface area contributed by atoms with Crippen LogP contribution >= 0.6 is 12.4 Å². The number of non-ortho nitro benzene ring substituents is 1. The Labute approximate surface area is 160 Å². The molecule has 10 heteroatoms. The largest absolute Gasteiger partial charge is 0.384 e. The highest BCUT2D eigenvalue weighted by Crippen LogP contribution is 2.30. The Hall–Kier alpha value is -1.26. The number of ether oxygens (including phenoxy) is 1. The average molecular weight is 408 g/mol. The maximum atomic E-state index is 12.8. The Morgan fingerprint density at radius 3 is 2.46 bits per heavy atom. The molecule has 1 aromatic carbocycles. The van der Waals surface area contributed by atoms with Gasteiger partial charge in [0, 0.05) is 31.2 Å². The lowest BCUT2D eigenvalue weighted by molar-refractivity contribution is -0.385. The molecule has 1 heterocycles. The maximum Gasteiger partial charge on any atom is 0.271 e. The molecule has 1 aliphatic rings. The first kappa shape index (κ1) is 22.8. The van der Waals surface area contributed by atoms with Gasteiger partial charge in [-0.3, -0.25) is 10.1 Å². The Morgan fingerprint density at radius 2 is 1.92 bits per heavy atom. The number of rotatable bonds is 7. The van der Waals surface area contributed by atoms with Gasteiger partial charge in [-0.25, -0.2) is 13.1 Å². The molecule has 148 valence electrons. The maximum absolute atomic E-state index is 12.8. The number of piperidine rings is 1. The first-order valence-corrected chi connectivity index (χ1v) is 9.64. The first-order chi connectivity index (χ1) is 11.7. The second-order valence-corrected chi connectivity index (χ2v) is 8.39. The van der Waals surface area contributed by atoms with Crippen molar-refractivity contribution < 1.29 is 18.1 Å². The number of halogens is 1. The summed E-state index contributed by atoms with van der Waals surface area (Å²) in [6, 6.07) is 2.50. The molecule has 2 N–H and O–H groups in total. The zero-order valence-electron chi connectivity index (χ0n) is 15.2. The van der Waals surface area contributed by atoms with Crippen LogP contribution in [0.4, 0.5) is 5.69 Å². The highest BCUT2D eigenvalue weighted by molar-refractivity contribution is 7.89. The highest BCUT2D eigenvalue weighted by atomic mass is 35.5. The van der Waals surface area contributed by atoms with Gasteiger partial charge < -0.3 is 10.1 Å². The fraction of sp³-hybridized carbons (Fsp3) is 0.625. The Kier molecular flexibility index (Phi) is 7.97. The van der Waals surface area contributed by atoms with Crippen LogP contribution in [-0.4, -0.2) is 46.7 Å². The summed E-state index contributed by atoms with van der Waals surface area (Å²) < 4.78 is 33.5. The zero-order valence-corrected chi connectivity index (χ0v) is 16.8. The van der Waals surface area contributed by atoms with Crippen LogP contribution in [0.1, 0.15) is 24.0 Å². The highest BCUT2D eigenvalue weighted by Gasteiger charge is 2.34. The van der Waals surface area contributed by atoms with Crippen molar-refractivity contribution in [2.45, 2.75) is 31.6 Å². The predicted molar refractivity (Wildman–Crippen MR) is 101 cm³/mol. The van der Waals surface area contributed by atoms with Gasteiger partial charge >= 0.3 is 0 Å². The van der Waals surface area contributed by atoms with Crippen molar-refractivity contribution in [2.75, 3.05) is 33.4 Å². The Balaban J connectivity index is 0.00000338. The molecule has 0 aromatic heterocycles. The molecule has 26 heavy (non-hydrogen) atoms. The number of aryl methyl sites for hydroxylation is 1. The summed E-state index contributed by atoms with van der Waals surface area (Å²) in [7, 11) is -2.25. The summed E-state index contributed by atoms with van der Waals surface area (Å²) >= 11 is 0. The molecule has 0 spiro atoms. The monoisotopic (exact) mass is 407 g/mol. The first-order valence-electron chi connectivity index (χ1n) is 8.16. The number of hydrogen-bond acceptors (Lipinski definition) is 6. The minimum Gasteiger partial charge on any atom is -0.384 e. The number of nitro groups is 1. The Morgan fingerprint density at radius 1 is 1.31 bits per heavy atom.